The molecule has 0 aliphatic carbocycles. The summed E-state index contributed by atoms with van der Waals surface area (Å²) in [5.41, 5.74) is 0.152. The van der Waals surface area contributed by atoms with Gasteiger partial charge in [0.2, 0.25) is 0 Å². The van der Waals surface area contributed by atoms with Gasteiger partial charge < -0.3 is 15.0 Å². The van der Waals surface area contributed by atoms with E-state index < -0.39 is 5.97 Å². The summed E-state index contributed by atoms with van der Waals surface area (Å²) in [5.74, 6) is -0.965. The number of hydrogen-bond donors (Lipinski definition) is 2. The number of aromatic amines is 1. The molecule has 1 amide bonds. The molecule has 0 aliphatic rings. The Kier molecular flexibility index (Phi) is 4.50. The van der Waals surface area contributed by atoms with Gasteiger partial charge in [0.25, 0.3) is 5.91 Å². The van der Waals surface area contributed by atoms with Crippen LogP contribution in [0.2, 0.25) is 0 Å². The quantitative estimate of drug-likeness (QED) is 0.571. The lowest BCUT2D eigenvalue weighted by molar-refractivity contribution is 0.0590. The second kappa shape index (κ2) is 5.89. The monoisotopic (exact) mass is 225 g/mol. The van der Waals surface area contributed by atoms with E-state index in [2.05, 4.69) is 20.0 Å². The fourth-order valence-corrected chi connectivity index (χ4v) is 1.19. The van der Waals surface area contributed by atoms with E-state index in [4.69, 9.17) is 0 Å². The van der Waals surface area contributed by atoms with Crippen LogP contribution in [0.3, 0.4) is 0 Å². The topological polar surface area (TPSA) is 84.1 Å². The molecule has 0 aliphatic heterocycles. The number of methoxy groups -OCH3 is 1. The van der Waals surface area contributed by atoms with Gasteiger partial charge in [0, 0.05) is 6.54 Å². The van der Waals surface area contributed by atoms with Crippen molar-refractivity contribution in [3.05, 3.63) is 17.7 Å². The molecule has 1 heterocycles. The van der Waals surface area contributed by atoms with E-state index in [1.165, 1.54) is 13.4 Å². The number of ether oxygens (including phenoxy) is 1. The van der Waals surface area contributed by atoms with E-state index in [9.17, 15) is 9.59 Å². The van der Waals surface area contributed by atoms with Gasteiger partial charge in [0.1, 0.15) is 0 Å². The maximum Gasteiger partial charge on any atom is 0.356 e. The van der Waals surface area contributed by atoms with Crippen molar-refractivity contribution in [2.45, 2.75) is 19.8 Å². The molecule has 0 unspecified atom stereocenters. The number of nitrogens with one attached hydrogen (secondary N) is 2. The third kappa shape index (κ3) is 2.82. The number of esters is 1. The van der Waals surface area contributed by atoms with Crippen LogP contribution >= 0.6 is 0 Å². The molecule has 0 atom stereocenters. The Morgan fingerprint density at radius 3 is 2.94 bits per heavy atom. The predicted octanol–water partition coefficient (Wildman–Crippen LogP) is 0.726. The van der Waals surface area contributed by atoms with Crippen molar-refractivity contribution < 1.29 is 14.3 Å². The van der Waals surface area contributed by atoms with Gasteiger partial charge in [-0.15, -0.1) is 0 Å². The number of aromatic nitrogens is 2. The van der Waals surface area contributed by atoms with Gasteiger partial charge in [-0.3, -0.25) is 4.79 Å². The average molecular weight is 225 g/mol. The maximum absolute atomic E-state index is 11.6. The van der Waals surface area contributed by atoms with Crippen LogP contribution in [0.25, 0.3) is 0 Å². The fourth-order valence-electron chi connectivity index (χ4n) is 1.19. The number of carbonyl (C=O) groups excluding carboxylic acids is 2. The lowest BCUT2D eigenvalue weighted by Crippen LogP contribution is -2.26. The number of carbonyl (C=O) groups is 2. The van der Waals surface area contributed by atoms with E-state index in [0.717, 1.165) is 12.8 Å². The summed E-state index contributed by atoms with van der Waals surface area (Å²) in [6, 6.07) is 0. The normalized spacial score (nSPS) is 9.88. The SMILES string of the molecule is CCCCNC(=O)c1nc[nH]c1C(=O)OC. The van der Waals surface area contributed by atoms with Crippen molar-refractivity contribution >= 4 is 11.9 Å². The second-order valence-corrected chi connectivity index (χ2v) is 3.23. The van der Waals surface area contributed by atoms with Crippen LogP contribution in [0, 0.1) is 0 Å². The molecule has 6 heteroatoms. The van der Waals surface area contributed by atoms with Crippen LogP contribution in [0.5, 0.6) is 0 Å². The number of H-pyrrole nitrogens is 1. The van der Waals surface area contributed by atoms with Gasteiger partial charge in [-0.05, 0) is 6.42 Å². The summed E-state index contributed by atoms with van der Waals surface area (Å²) in [5, 5.41) is 2.68. The highest BCUT2D eigenvalue weighted by molar-refractivity contribution is 6.02. The van der Waals surface area contributed by atoms with E-state index >= 15 is 0 Å². The summed E-state index contributed by atoms with van der Waals surface area (Å²) in [6.07, 6.45) is 3.18. The maximum atomic E-state index is 11.6. The van der Waals surface area contributed by atoms with Crippen molar-refractivity contribution in [1.29, 1.82) is 0 Å². The summed E-state index contributed by atoms with van der Waals surface area (Å²) < 4.78 is 4.52. The molecule has 88 valence electrons. The van der Waals surface area contributed by atoms with Crippen LogP contribution in [0.4, 0.5) is 0 Å². The van der Waals surface area contributed by atoms with E-state index in [-0.39, 0.29) is 17.3 Å². The molecule has 1 rings (SSSR count). The third-order valence-corrected chi connectivity index (χ3v) is 2.06. The molecule has 0 fully saturated rings. The van der Waals surface area contributed by atoms with Gasteiger partial charge in [-0.25, -0.2) is 9.78 Å². The molecule has 16 heavy (non-hydrogen) atoms. The number of imidazole rings is 1. The Morgan fingerprint density at radius 1 is 1.56 bits per heavy atom. The minimum Gasteiger partial charge on any atom is -0.464 e. The molecule has 0 aromatic carbocycles. The minimum absolute atomic E-state index is 0.0722. The van der Waals surface area contributed by atoms with Gasteiger partial charge in [0.05, 0.1) is 13.4 Å². The summed E-state index contributed by atoms with van der Waals surface area (Å²) >= 11 is 0. The van der Waals surface area contributed by atoms with Crippen LogP contribution in [0.1, 0.15) is 40.7 Å². The first-order valence-electron chi connectivity index (χ1n) is 5.10. The largest absolute Gasteiger partial charge is 0.464 e. The Morgan fingerprint density at radius 2 is 2.31 bits per heavy atom. The molecule has 0 saturated carbocycles. The number of rotatable bonds is 5. The smallest absolute Gasteiger partial charge is 0.356 e. The van der Waals surface area contributed by atoms with Crippen LogP contribution in [-0.2, 0) is 4.74 Å². The van der Waals surface area contributed by atoms with Gasteiger partial charge in [-0.2, -0.15) is 0 Å². The van der Waals surface area contributed by atoms with E-state index in [0.29, 0.717) is 6.54 Å². The number of unbranched alkanes of at least 4 members (excludes halogenated alkanes) is 1. The first-order valence-corrected chi connectivity index (χ1v) is 5.10. The standard InChI is InChI=1S/C10H15N3O3/c1-3-4-5-11-9(14)7-8(10(15)16-2)13-6-12-7/h6H,3-5H2,1-2H3,(H,11,14)(H,12,13). The number of amides is 1. The summed E-state index contributed by atoms with van der Waals surface area (Å²) in [7, 11) is 1.25. The molecule has 1 aromatic heterocycles. The second-order valence-electron chi connectivity index (χ2n) is 3.23. The average Bonchev–Trinajstić information content (AvgIpc) is 2.77. The van der Waals surface area contributed by atoms with E-state index in [1.54, 1.807) is 0 Å². The van der Waals surface area contributed by atoms with Gasteiger partial charge >= 0.3 is 5.97 Å². The fraction of sp³-hybridized carbons (Fsp3) is 0.500. The highest BCUT2D eigenvalue weighted by atomic mass is 16.5. The van der Waals surface area contributed by atoms with Crippen molar-refractivity contribution in [2.75, 3.05) is 13.7 Å². The zero-order valence-corrected chi connectivity index (χ0v) is 9.37. The zero-order valence-electron chi connectivity index (χ0n) is 9.37. The first-order chi connectivity index (χ1) is 7.70. The molecule has 0 spiro atoms. The molecule has 0 bridgehead atoms. The molecular weight excluding hydrogens is 210 g/mol. The van der Waals surface area contributed by atoms with Crippen LogP contribution in [0.15, 0.2) is 6.33 Å². The van der Waals surface area contributed by atoms with Crippen molar-refractivity contribution in [2.24, 2.45) is 0 Å². The molecule has 6 nitrogen and oxygen atoms in total. The van der Waals surface area contributed by atoms with Crippen LogP contribution in [-0.4, -0.2) is 35.5 Å². The Labute approximate surface area is 93.4 Å². The Balaban J connectivity index is 2.68. The Hall–Kier alpha value is -1.85. The minimum atomic E-state index is -0.599. The van der Waals surface area contributed by atoms with E-state index in [1.807, 2.05) is 6.92 Å². The lowest BCUT2D eigenvalue weighted by atomic mass is 10.3. The highest BCUT2D eigenvalue weighted by Gasteiger charge is 2.20. The van der Waals surface area contributed by atoms with Gasteiger partial charge in [-0.1, -0.05) is 13.3 Å². The predicted molar refractivity (Wildman–Crippen MR) is 57.2 cm³/mol. The number of nitrogens with zero attached hydrogens (tertiary/aromatic N) is 1. The van der Waals surface area contributed by atoms with Crippen LogP contribution < -0.4 is 5.32 Å². The van der Waals surface area contributed by atoms with Crippen molar-refractivity contribution in [3.63, 3.8) is 0 Å². The van der Waals surface area contributed by atoms with Gasteiger partial charge in [0.15, 0.2) is 11.4 Å². The zero-order chi connectivity index (χ0) is 12.0. The Bertz CT molecular complexity index is 373. The van der Waals surface area contributed by atoms with Crippen molar-refractivity contribution in [1.82, 2.24) is 15.3 Å². The third-order valence-electron chi connectivity index (χ3n) is 2.06. The molecule has 1 aromatic rings. The van der Waals surface area contributed by atoms with Crippen molar-refractivity contribution in [3.8, 4) is 0 Å². The highest BCUT2D eigenvalue weighted by Crippen LogP contribution is 2.04. The molecule has 2 N–H and O–H groups in total. The number of hydrogen-bond acceptors (Lipinski definition) is 4. The molecule has 0 saturated heterocycles. The lowest BCUT2D eigenvalue weighted by Gasteiger charge is -2.03. The first kappa shape index (κ1) is 12.2. The summed E-state index contributed by atoms with van der Waals surface area (Å²) in [6.45, 7) is 2.60. The summed E-state index contributed by atoms with van der Waals surface area (Å²) in [4.78, 5) is 29.3. The molecule has 0 radical (unpaired) electrons. The molecular formula is C10H15N3O3.